The molecule has 0 amide bonds. The van der Waals surface area contributed by atoms with Crippen LogP contribution in [0.3, 0.4) is 0 Å². The van der Waals surface area contributed by atoms with Crippen LogP contribution < -0.4 is 5.46 Å². The molecule has 3 nitrogen and oxygen atoms in total. The number of aryl methyl sites for hydroxylation is 1. The molecule has 0 aliphatic heterocycles. The summed E-state index contributed by atoms with van der Waals surface area (Å²) in [6, 6.07) is 12.5. The molecule has 0 saturated heterocycles. The average Bonchev–Trinajstić information content (AvgIpc) is 2.43. The Hall–Kier alpha value is -1.69. The minimum Gasteiger partial charge on any atom is -0.423 e. The van der Waals surface area contributed by atoms with Gasteiger partial charge in [-0.05, 0) is 31.1 Å². The third-order valence-electron chi connectivity index (χ3n) is 3.39. The molecule has 5 heteroatoms. The van der Waals surface area contributed by atoms with Gasteiger partial charge in [0, 0.05) is 18.7 Å². The van der Waals surface area contributed by atoms with E-state index in [-0.39, 0.29) is 5.46 Å². The van der Waals surface area contributed by atoms with Crippen molar-refractivity contribution in [3.05, 3.63) is 65.0 Å². The van der Waals surface area contributed by atoms with Gasteiger partial charge in [-0.15, -0.1) is 0 Å². The van der Waals surface area contributed by atoms with E-state index in [1.807, 2.05) is 18.9 Å². The summed E-state index contributed by atoms with van der Waals surface area (Å²) in [5, 5.41) is 18.0. The molecule has 0 atom stereocenters. The molecule has 110 valence electrons. The van der Waals surface area contributed by atoms with Crippen LogP contribution in [0.5, 0.6) is 0 Å². The van der Waals surface area contributed by atoms with Crippen LogP contribution in [-0.4, -0.2) is 29.1 Å². The molecule has 0 aliphatic carbocycles. The summed E-state index contributed by atoms with van der Waals surface area (Å²) < 4.78 is 13.9. The standard InChI is InChI=1S/C16H19BFNO2/c1-12-3-5-13(6-4-12)10-19(2)11-14-7-8-15(17(20)21)9-16(14)18/h3-9,20-21H,10-11H2,1-2H3. The van der Waals surface area contributed by atoms with Gasteiger partial charge in [0.1, 0.15) is 5.82 Å². The molecule has 0 unspecified atom stereocenters. The summed E-state index contributed by atoms with van der Waals surface area (Å²) in [4.78, 5) is 2.01. The van der Waals surface area contributed by atoms with Gasteiger partial charge in [0.2, 0.25) is 0 Å². The predicted molar refractivity (Wildman–Crippen MR) is 82.6 cm³/mol. The lowest BCUT2D eigenvalue weighted by molar-refractivity contribution is 0.313. The zero-order valence-corrected chi connectivity index (χ0v) is 12.3. The minimum absolute atomic E-state index is 0.164. The van der Waals surface area contributed by atoms with Crippen LogP contribution in [0, 0.1) is 12.7 Å². The van der Waals surface area contributed by atoms with Gasteiger partial charge in [0.15, 0.2) is 0 Å². The fraction of sp³-hybridized carbons (Fsp3) is 0.250. The number of halogens is 1. The van der Waals surface area contributed by atoms with Crippen molar-refractivity contribution in [3.8, 4) is 0 Å². The van der Waals surface area contributed by atoms with Gasteiger partial charge in [-0.3, -0.25) is 4.90 Å². The Morgan fingerprint density at radius 1 is 1.05 bits per heavy atom. The maximum atomic E-state index is 13.9. The molecule has 2 aromatic rings. The van der Waals surface area contributed by atoms with E-state index in [4.69, 9.17) is 10.0 Å². The van der Waals surface area contributed by atoms with E-state index in [0.717, 1.165) is 6.54 Å². The maximum absolute atomic E-state index is 13.9. The van der Waals surface area contributed by atoms with Crippen LogP contribution in [0.1, 0.15) is 16.7 Å². The van der Waals surface area contributed by atoms with Crippen LogP contribution in [0.15, 0.2) is 42.5 Å². The summed E-state index contributed by atoms with van der Waals surface area (Å²) in [5.74, 6) is -0.420. The minimum atomic E-state index is -1.64. The molecule has 2 aromatic carbocycles. The fourth-order valence-corrected chi connectivity index (χ4v) is 2.20. The van der Waals surface area contributed by atoms with Crippen LogP contribution >= 0.6 is 0 Å². The van der Waals surface area contributed by atoms with Crippen molar-refractivity contribution >= 4 is 12.6 Å². The summed E-state index contributed by atoms with van der Waals surface area (Å²) in [5.41, 5.74) is 3.09. The fourth-order valence-electron chi connectivity index (χ4n) is 2.20. The van der Waals surface area contributed by atoms with Crippen molar-refractivity contribution in [3.63, 3.8) is 0 Å². The smallest absolute Gasteiger partial charge is 0.423 e. The van der Waals surface area contributed by atoms with Crippen molar-refractivity contribution in [2.24, 2.45) is 0 Å². The van der Waals surface area contributed by atoms with E-state index in [2.05, 4.69) is 24.3 Å². The quantitative estimate of drug-likeness (QED) is 0.818. The van der Waals surface area contributed by atoms with Gasteiger partial charge in [-0.2, -0.15) is 0 Å². The lowest BCUT2D eigenvalue weighted by Crippen LogP contribution is -2.30. The zero-order chi connectivity index (χ0) is 15.4. The molecule has 0 bridgehead atoms. The Morgan fingerprint density at radius 3 is 2.29 bits per heavy atom. The maximum Gasteiger partial charge on any atom is 0.488 e. The lowest BCUT2D eigenvalue weighted by atomic mass is 9.80. The Balaban J connectivity index is 2.02. The Kier molecular flexibility index (Phi) is 5.12. The lowest BCUT2D eigenvalue weighted by Gasteiger charge is -2.17. The van der Waals surface area contributed by atoms with E-state index < -0.39 is 12.9 Å². The van der Waals surface area contributed by atoms with Gasteiger partial charge in [0.05, 0.1) is 0 Å². The van der Waals surface area contributed by atoms with Gasteiger partial charge in [-0.25, -0.2) is 4.39 Å². The SMILES string of the molecule is Cc1ccc(CN(C)Cc2ccc(B(O)O)cc2F)cc1. The highest BCUT2D eigenvalue weighted by Gasteiger charge is 2.14. The Bertz CT molecular complexity index is 602. The number of benzene rings is 2. The van der Waals surface area contributed by atoms with E-state index in [1.54, 1.807) is 6.07 Å². The van der Waals surface area contributed by atoms with Crippen molar-refractivity contribution in [1.82, 2.24) is 4.90 Å². The number of rotatable bonds is 5. The van der Waals surface area contributed by atoms with Crippen LogP contribution in [-0.2, 0) is 13.1 Å². The summed E-state index contributed by atoms with van der Waals surface area (Å²) >= 11 is 0. The average molecular weight is 287 g/mol. The Labute approximate surface area is 124 Å². The van der Waals surface area contributed by atoms with Gasteiger partial charge >= 0.3 is 7.12 Å². The summed E-state index contributed by atoms with van der Waals surface area (Å²) in [7, 11) is 0.285. The second kappa shape index (κ2) is 6.85. The monoisotopic (exact) mass is 287 g/mol. The van der Waals surface area contributed by atoms with Gasteiger partial charge in [-0.1, -0.05) is 42.0 Å². The summed E-state index contributed by atoms with van der Waals surface area (Å²) in [6.45, 7) is 3.23. The van der Waals surface area contributed by atoms with E-state index in [0.29, 0.717) is 12.1 Å². The molecule has 0 aliphatic rings. The third-order valence-corrected chi connectivity index (χ3v) is 3.39. The normalized spacial score (nSPS) is 11.0. The molecule has 2 rings (SSSR count). The van der Waals surface area contributed by atoms with Crippen LogP contribution in [0.2, 0.25) is 0 Å². The highest BCUT2D eigenvalue weighted by Crippen LogP contribution is 2.11. The molecule has 0 heterocycles. The molecular weight excluding hydrogens is 268 g/mol. The second-order valence-electron chi connectivity index (χ2n) is 5.38. The first-order chi connectivity index (χ1) is 9.95. The van der Waals surface area contributed by atoms with Gasteiger partial charge < -0.3 is 10.0 Å². The summed E-state index contributed by atoms with van der Waals surface area (Å²) in [6.07, 6.45) is 0. The molecule has 0 saturated carbocycles. The first-order valence-electron chi connectivity index (χ1n) is 6.84. The Morgan fingerprint density at radius 2 is 1.71 bits per heavy atom. The van der Waals surface area contributed by atoms with Crippen LogP contribution in [0.25, 0.3) is 0 Å². The first kappa shape index (κ1) is 15.7. The van der Waals surface area contributed by atoms with Crippen molar-refractivity contribution < 1.29 is 14.4 Å². The molecule has 2 N–H and O–H groups in total. The van der Waals surface area contributed by atoms with Gasteiger partial charge in [0.25, 0.3) is 0 Å². The second-order valence-corrected chi connectivity index (χ2v) is 5.38. The molecule has 0 fully saturated rings. The zero-order valence-electron chi connectivity index (χ0n) is 12.3. The van der Waals surface area contributed by atoms with Crippen LogP contribution in [0.4, 0.5) is 4.39 Å². The topological polar surface area (TPSA) is 43.7 Å². The number of hydrogen-bond donors (Lipinski definition) is 2. The molecule has 0 radical (unpaired) electrons. The van der Waals surface area contributed by atoms with E-state index in [9.17, 15) is 4.39 Å². The largest absolute Gasteiger partial charge is 0.488 e. The van der Waals surface area contributed by atoms with E-state index >= 15 is 0 Å². The van der Waals surface area contributed by atoms with Crippen molar-refractivity contribution in [2.75, 3.05) is 7.05 Å². The van der Waals surface area contributed by atoms with Crippen molar-refractivity contribution in [2.45, 2.75) is 20.0 Å². The predicted octanol–water partition coefficient (Wildman–Crippen LogP) is 1.45. The number of hydrogen-bond acceptors (Lipinski definition) is 3. The van der Waals surface area contributed by atoms with Crippen molar-refractivity contribution in [1.29, 1.82) is 0 Å². The highest BCUT2D eigenvalue weighted by molar-refractivity contribution is 6.58. The van der Waals surface area contributed by atoms with E-state index in [1.165, 1.54) is 23.3 Å². The molecule has 0 aromatic heterocycles. The molecular formula is C16H19BFNO2. The third kappa shape index (κ3) is 4.39. The highest BCUT2D eigenvalue weighted by atomic mass is 19.1. The first-order valence-corrected chi connectivity index (χ1v) is 6.84. The molecule has 21 heavy (non-hydrogen) atoms. The number of nitrogens with zero attached hydrogens (tertiary/aromatic N) is 1. The molecule has 0 spiro atoms.